The first kappa shape index (κ1) is 52.6. The van der Waals surface area contributed by atoms with Gasteiger partial charge >= 0.3 is 0 Å². The number of hydrogen-bond acceptors (Lipinski definition) is 3. The third-order valence-corrected chi connectivity index (χ3v) is 0.591. The molecule has 3 nitrogen and oxygen atoms in total. The molecule has 0 radical (unpaired) electrons. The van der Waals surface area contributed by atoms with Crippen LogP contribution < -0.4 is 5.73 Å². The molecule has 13 heavy (non-hydrogen) atoms. The molecule has 0 heterocycles. The summed E-state index contributed by atoms with van der Waals surface area (Å²) >= 11 is 0. The molecule has 4 N–H and O–H groups in total. The van der Waals surface area contributed by atoms with Crippen LogP contribution in [0, 0.1) is 0 Å². The van der Waals surface area contributed by atoms with Crippen LogP contribution in [-0.4, -0.2) is 30.5 Å². The highest BCUT2D eigenvalue weighted by atomic mass is 16.3. The molecule has 0 aliphatic carbocycles. The van der Waals surface area contributed by atoms with Crippen molar-refractivity contribution in [2.24, 2.45) is 5.73 Å². The molecule has 0 bridgehead atoms. The Kier molecular flexibility index (Phi) is 378. The second-order valence-corrected chi connectivity index (χ2v) is 1.26. The molecule has 0 fully saturated rings. The molecule has 0 aromatic heterocycles. The number of aliphatic hydroxyl groups excluding tert-OH is 2. The average molecular weight is 201 g/mol. The van der Waals surface area contributed by atoms with Crippen molar-refractivity contribution >= 4 is 0 Å². The van der Waals surface area contributed by atoms with Crippen molar-refractivity contribution in [2.75, 3.05) is 14.2 Å². The monoisotopic (exact) mass is 201 g/mol. The van der Waals surface area contributed by atoms with Crippen LogP contribution in [-0.2, 0) is 0 Å². The Morgan fingerprint density at radius 2 is 1.08 bits per heavy atom. The summed E-state index contributed by atoms with van der Waals surface area (Å²) in [5.41, 5.74) is 4.50. The molecule has 0 rings (SSSR count). The molecule has 0 aromatic carbocycles. The van der Waals surface area contributed by atoms with Crippen molar-refractivity contribution in [3.63, 3.8) is 0 Å². The molecule has 1 atom stereocenters. The standard InChI is InChI=1S/C4H10O.CH5N.CH4O.4CH4/c1-3-4(2)5;2*1-2;;;;/h4-5H,3H2,1-2H3;2H2,1H3;2H,1H3;4*1H4. The second-order valence-electron chi connectivity index (χ2n) is 1.26. The molecule has 3 heteroatoms. The first-order valence-corrected chi connectivity index (χ1v) is 2.98. The van der Waals surface area contributed by atoms with Gasteiger partial charge in [-0.15, -0.1) is 0 Å². The zero-order valence-corrected chi connectivity index (χ0v) is 6.76. The van der Waals surface area contributed by atoms with E-state index in [9.17, 15) is 0 Å². The van der Waals surface area contributed by atoms with Crippen LogP contribution >= 0.6 is 0 Å². The van der Waals surface area contributed by atoms with E-state index < -0.39 is 0 Å². The van der Waals surface area contributed by atoms with Gasteiger partial charge in [-0.05, 0) is 20.4 Å². The quantitative estimate of drug-likeness (QED) is 0.610. The topological polar surface area (TPSA) is 66.5 Å². The van der Waals surface area contributed by atoms with Gasteiger partial charge in [0, 0.05) is 7.11 Å². The molecular weight excluding hydrogens is 166 g/mol. The van der Waals surface area contributed by atoms with Crippen LogP contribution in [0.25, 0.3) is 0 Å². The average Bonchev–Trinajstić information content (AvgIpc) is 1.97. The van der Waals surface area contributed by atoms with Gasteiger partial charge in [-0.25, -0.2) is 0 Å². The first-order valence-electron chi connectivity index (χ1n) is 2.98. The van der Waals surface area contributed by atoms with Crippen molar-refractivity contribution < 1.29 is 10.2 Å². The summed E-state index contributed by atoms with van der Waals surface area (Å²) in [4.78, 5) is 0. The minimum atomic E-state index is -0.116. The maximum atomic E-state index is 8.36. The lowest BCUT2D eigenvalue weighted by molar-refractivity contribution is 0.191. The van der Waals surface area contributed by atoms with Gasteiger partial charge < -0.3 is 15.9 Å². The van der Waals surface area contributed by atoms with Gasteiger partial charge in [0.05, 0.1) is 6.10 Å². The lowest BCUT2D eigenvalue weighted by Crippen LogP contribution is -1.93. The van der Waals surface area contributed by atoms with E-state index in [-0.39, 0.29) is 35.8 Å². The minimum Gasteiger partial charge on any atom is -0.400 e. The van der Waals surface area contributed by atoms with E-state index in [1.54, 1.807) is 6.92 Å². The summed E-state index contributed by atoms with van der Waals surface area (Å²) in [5, 5.41) is 15.4. The third-order valence-electron chi connectivity index (χ3n) is 0.591. The van der Waals surface area contributed by atoms with Crippen molar-refractivity contribution in [1.82, 2.24) is 0 Å². The van der Waals surface area contributed by atoms with E-state index in [0.717, 1.165) is 13.5 Å². The predicted octanol–water partition coefficient (Wildman–Crippen LogP) is 2.51. The van der Waals surface area contributed by atoms with E-state index in [4.69, 9.17) is 10.2 Å². The molecule has 0 saturated heterocycles. The minimum absolute atomic E-state index is 0. The first-order chi connectivity index (χ1) is 4.27. The summed E-state index contributed by atoms with van der Waals surface area (Å²) < 4.78 is 0. The number of hydrogen-bond donors (Lipinski definition) is 3. The van der Waals surface area contributed by atoms with Crippen LogP contribution in [0.1, 0.15) is 50.0 Å². The van der Waals surface area contributed by atoms with Crippen molar-refractivity contribution in [3.05, 3.63) is 0 Å². The molecule has 0 aliphatic rings. The lowest BCUT2D eigenvalue weighted by atomic mass is 10.3. The fourth-order valence-electron chi connectivity index (χ4n) is 0. The maximum absolute atomic E-state index is 8.36. The fourth-order valence-corrected chi connectivity index (χ4v) is 0. The Morgan fingerprint density at radius 3 is 1.08 bits per heavy atom. The largest absolute Gasteiger partial charge is 0.400 e. The summed E-state index contributed by atoms with van der Waals surface area (Å²) in [6, 6.07) is 0. The Balaban J connectivity index is -0.00000000818. The molecule has 0 saturated carbocycles. The molecular formula is C10H35NO2. The fraction of sp³-hybridized carbons (Fsp3) is 1.00. The van der Waals surface area contributed by atoms with Crippen LogP contribution in [0.15, 0.2) is 0 Å². The SMILES string of the molecule is C.C.C.C.CCC(C)O.CN.CO. The molecule has 0 aliphatic heterocycles. The third kappa shape index (κ3) is 328. The Labute approximate surface area is 87.0 Å². The van der Waals surface area contributed by atoms with Crippen LogP contribution in [0.4, 0.5) is 0 Å². The predicted molar refractivity (Wildman–Crippen MR) is 67.2 cm³/mol. The highest BCUT2D eigenvalue weighted by Crippen LogP contribution is 1.81. The smallest absolute Gasteiger partial charge is 0.0509 e. The maximum Gasteiger partial charge on any atom is 0.0509 e. The Morgan fingerprint density at radius 1 is 1.00 bits per heavy atom. The lowest BCUT2D eigenvalue weighted by Gasteiger charge is -1.90. The van der Waals surface area contributed by atoms with Gasteiger partial charge in [-0.1, -0.05) is 36.6 Å². The van der Waals surface area contributed by atoms with Gasteiger partial charge in [0.15, 0.2) is 0 Å². The highest BCUT2D eigenvalue weighted by molar-refractivity contribution is 4.34. The second kappa shape index (κ2) is 93.4. The molecule has 0 amide bonds. The molecule has 0 aromatic rings. The van der Waals surface area contributed by atoms with E-state index >= 15 is 0 Å². The number of rotatable bonds is 1. The Hall–Kier alpha value is -0.120. The van der Waals surface area contributed by atoms with E-state index in [0.29, 0.717) is 0 Å². The molecule has 92 valence electrons. The summed E-state index contributed by atoms with van der Waals surface area (Å²) in [5.74, 6) is 0. The summed E-state index contributed by atoms with van der Waals surface area (Å²) in [6.45, 7) is 3.73. The highest BCUT2D eigenvalue weighted by Gasteiger charge is 1.81. The number of nitrogens with two attached hydrogens (primary N) is 1. The van der Waals surface area contributed by atoms with Gasteiger partial charge in [0.25, 0.3) is 0 Å². The van der Waals surface area contributed by atoms with Crippen molar-refractivity contribution in [2.45, 2.75) is 56.1 Å². The summed E-state index contributed by atoms with van der Waals surface area (Å²) in [6.07, 6.45) is 0.745. The number of aliphatic hydroxyl groups is 2. The van der Waals surface area contributed by atoms with Crippen molar-refractivity contribution in [3.8, 4) is 0 Å². The van der Waals surface area contributed by atoms with Crippen LogP contribution in [0.3, 0.4) is 0 Å². The Bertz CT molecular complexity index is 26.9. The van der Waals surface area contributed by atoms with E-state index in [1.165, 1.54) is 7.05 Å². The van der Waals surface area contributed by atoms with Crippen LogP contribution in [0.5, 0.6) is 0 Å². The summed E-state index contributed by atoms with van der Waals surface area (Å²) in [7, 11) is 2.50. The normalized spacial score (nSPS) is 6.69. The molecule has 1 unspecified atom stereocenters. The zero-order valence-electron chi connectivity index (χ0n) is 6.76. The molecule has 0 spiro atoms. The van der Waals surface area contributed by atoms with E-state index in [1.807, 2.05) is 6.92 Å². The van der Waals surface area contributed by atoms with Gasteiger partial charge in [-0.2, -0.15) is 0 Å². The van der Waals surface area contributed by atoms with Gasteiger partial charge in [0.1, 0.15) is 0 Å². The van der Waals surface area contributed by atoms with Crippen LogP contribution in [0.2, 0.25) is 0 Å². The van der Waals surface area contributed by atoms with Gasteiger partial charge in [0.2, 0.25) is 0 Å². The van der Waals surface area contributed by atoms with Gasteiger partial charge in [-0.3, -0.25) is 0 Å². The van der Waals surface area contributed by atoms with Crippen molar-refractivity contribution in [1.29, 1.82) is 0 Å². The van der Waals surface area contributed by atoms with E-state index in [2.05, 4.69) is 5.73 Å². The zero-order chi connectivity index (χ0) is 8.28.